The first-order valence-corrected chi connectivity index (χ1v) is 6.78. The number of anilines is 1. The fourth-order valence-electron chi connectivity index (χ4n) is 1.51. The molecule has 1 N–H and O–H groups in total. The summed E-state index contributed by atoms with van der Waals surface area (Å²) in [4.78, 5) is 0. The van der Waals surface area contributed by atoms with Gasteiger partial charge in [0.25, 0.3) is 0 Å². The molecule has 0 fully saturated rings. The van der Waals surface area contributed by atoms with Gasteiger partial charge in [-0.1, -0.05) is 12.1 Å². The average Bonchev–Trinajstić information content (AvgIpc) is 2.33. The van der Waals surface area contributed by atoms with Crippen LogP contribution in [0, 0.1) is 11.6 Å². The Hall–Kier alpha value is -0.940. The summed E-state index contributed by atoms with van der Waals surface area (Å²) in [7, 11) is 0. The summed E-state index contributed by atoms with van der Waals surface area (Å²) in [5, 5.41) is 2.94. The van der Waals surface area contributed by atoms with Crippen molar-refractivity contribution < 1.29 is 8.78 Å². The van der Waals surface area contributed by atoms with E-state index in [-0.39, 0.29) is 11.6 Å². The van der Waals surface area contributed by atoms with Crippen molar-refractivity contribution in [3.05, 3.63) is 62.5 Å². The van der Waals surface area contributed by atoms with Crippen molar-refractivity contribution in [1.29, 1.82) is 0 Å². The molecule has 2 aromatic carbocycles. The Labute approximate surface area is 120 Å². The lowest BCUT2D eigenvalue weighted by atomic mass is 10.2. The summed E-state index contributed by atoms with van der Waals surface area (Å²) in [6.07, 6.45) is 0. The highest BCUT2D eigenvalue weighted by atomic mass is 79.9. The Morgan fingerprint density at radius 1 is 0.944 bits per heavy atom. The molecule has 0 amide bonds. The molecule has 1 nitrogen and oxygen atoms in total. The summed E-state index contributed by atoms with van der Waals surface area (Å²) in [6.45, 7) is 0.351. The zero-order valence-corrected chi connectivity index (χ0v) is 12.4. The van der Waals surface area contributed by atoms with E-state index in [4.69, 9.17) is 0 Å². The van der Waals surface area contributed by atoms with E-state index in [9.17, 15) is 8.78 Å². The average molecular weight is 377 g/mol. The minimum absolute atomic E-state index is 0.332. The minimum atomic E-state index is -0.345. The van der Waals surface area contributed by atoms with Crippen LogP contribution in [-0.2, 0) is 6.54 Å². The van der Waals surface area contributed by atoms with Crippen LogP contribution in [0.15, 0.2) is 45.3 Å². The molecule has 0 atom stereocenters. The van der Waals surface area contributed by atoms with Crippen LogP contribution >= 0.6 is 31.9 Å². The Balaban J connectivity index is 2.14. The maximum absolute atomic E-state index is 13.5. The number of halogens is 4. The standard InChI is InChI=1S/C13H9Br2F2N/c14-9-5-4-8(6-12(9)17)7-18-13-10(15)2-1-3-11(13)16/h1-6,18H,7H2. The normalized spacial score (nSPS) is 10.4. The Morgan fingerprint density at radius 3 is 2.39 bits per heavy atom. The third-order valence-electron chi connectivity index (χ3n) is 2.42. The Bertz CT molecular complexity index is 553. The molecule has 0 aromatic heterocycles. The van der Waals surface area contributed by atoms with E-state index in [1.165, 1.54) is 12.1 Å². The van der Waals surface area contributed by atoms with Crippen LogP contribution in [0.5, 0.6) is 0 Å². The molecule has 0 aliphatic rings. The van der Waals surface area contributed by atoms with Crippen molar-refractivity contribution in [2.24, 2.45) is 0 Å². The van der Waals surface area contributed by atoms with Crippen molar-refractivity contribution in [3.63, 3.8) is 0 Å². The molecule has 2 rings (SSSR count). The fraction of sp³-hybridized carbons (Fsp3) is 0.0769. The van der Waals surface area contributed by atoms with Gasteiger partial charge in [-0.2, -0.15) is 0 Å². The van der Waals surface area contributed by atoms with Crippen molar-refractivity contribution in [1.82, 2.24) is 0 Å². The molecule has 0 radical (unpaired) electrons. The van der Waals surface area contributed by atoms with Crippen molar-refractivity contribution >= 4 is 37.5 Å². The van der Waals surface area contributed by atoms with Crippen molar-refractivity contribution in [3.8, 4) is 0 Å². The van der Waals surface area contributed by atoms with Crippen molar-refractivity contribution in [2.75, 3.05) is 5.32 Å². The molecule has 0 spiro atoms. The fourth-order valence-corrected chi connectivity index (χ4v) is 2.24. The molecular formula is C13H9Br2F2N. The molecule has 0 bridgehead atoms. The molecule has 94 valence electrons. The number of para-hydroxylation sites is 1. The number of benzene rings is 2. The highest BCUT2D eigenvalue weighted by Gasteiger charge is 2.06. The highest BCUT2D eigenvalue weighted by molar-refractivity contribution is 9.10. The van der Waals surface area contributed by atoms with Gasteiger partial charge in [-0.25, -0.2) is 8.78 Å². The predicted octanol–water partition coefficient (Wildman–Crippen LogP) is 5.10. The van der Waals surface area contributed by atoms with E-state index in [1.807, 2.05) is 0 Å². The summed E-state index contributed by atoms with van der Waals surface area (Å²) in [6, 6.07) is 9.54. The van der Waals surface area contributed by atoms with Crippen LogP contribution in [-0.4, -0.2) is 0 Å². The van der Waals surface area contributed by atoms with E-state index < -0.39 is 0 Å². The van der Waals surface area contributed by atoms with Gasteiger partial charge in [0, 0.05) is 11.0 Å². The van der Waals surface area contributed by atoms with Gasteiger partial charge in [-0.15, -0.1) is 0 Å². The first-order valence-electron chi connectivity index (χ1n) is 5.20. The zero-order chi connectivity index (χ0) is 13.1. The van der Waals surface area contributed by atoms with E-state index in [2.05, 4.69) is 37.2 Å². The number of rotatable bonds is 3. The summed E-state index contributed by atoms with van der Waals surface area (Å²) >= 11 is 6.35. The second-order valence-corrected chi connectivity index (χ2v) is 5.41. The van der Waals surface area contributed by atoms with E-state index in [1.54, 1.807) is 24.3 Å². The van der Waals surface area contributed by atoms with Crippen LogP contribution < -0.4 is 5.32 Å². The molecule has 2 aromatic rings. The van der Waals surface area contributed by atoms with Crippen LogP contribution in [0.1, 0.15) is 5.56 Å². The van der Waals surface area contributed by atoms with Gasteiger partial charge in [-0.3, -0.25) is 0 Å². The highest BCUT2D eigenvalue weighted by Crippen LogP contribution is 2.26. The molecular weight excluding hydrogens is 368 g/mol. The van der Waals surface area contributed by atoms with Crippen molar-refractivity contribution in [2.45, 2.75) is 6.54 Å². The lowest BCUT2D eigenvalue weighted by Crippen LogP contribution is -2.02. The maximum atomic E-state index is 13.5. The second-order valence-electron chi connectivity index (χ2n) is 3.70. The van der Waals surface area contributed by atoms with Crippen LogP contribution in [0.3, 0.4) is 0 Å². The predicted molar refractivity (Wildman–Crippen MR) is 75.5 cm³/mol. The first-order chi connectivity index (χ1) is 8.58. The maximum Gasteiger partial charge on any atom is 0.147 e. The third kappa shape index (κ3) is 3.09. The largest absolute Gasteiger partial charge is 0.378 e. The molecule has 18 heavy (non-hydrogen) atoms. The van der Waals surface area contributed by atoms with Gasteiger partial charge in [0.15, 0.2) is 0 Å². The SMILES string of the molecule is Fc1cc(CNc2c(F)cccc2Br)ccc1Br. The molecule has 0 unspecified atom stereocenters. The summed E-state index contributed by atoms with van der Waals surface area (Å²) in [5.41, 5.74) is 1.12. The summed E-state index contributed by atoms with van der Waals surface area (Å²) < 4.78 is 27.9. The quantitative estimate of drug-likeness (QED) is 0.785. The molecule has 5 heteroatoms. The number of hydrogen-bond donors (Lipinski definition) is 1. The zero-order valence-electron chi connectivity index (χ0n) is 9.18. The molecule has 0 aliphatic heterocycles. The van der Waals surface area contributed by atoms with Crippen LogP contribution in [0.25, 0.3) is 0 Å². The third-order valence-corrected chi connectivity index (χ3v) is 3.72. The van der Waals surface area contributed by atoms with Gasteiger partial charge in [-0.05, 0) is 61.7 Å². The van der Waals surface area contributed by atoms with Gasteiger partial charge >= 0.3 is 0 Å². The molecule has 0 heterocycles. The summed E-state index contributed by atoms with van der Waals surface area (Å²) in [5.74, 6) is -0.677. The minimum Gasteiger partial charge on any atom is -0.378 e. The Morgan fingerprint density at radius 2 is 1.72 bits per heavy atom. The van der Waals surface area contributed by atoms with Crippen LogP contribution in [0.4, 0.5) is 14.5 Å². The van der Waals surface area contributed by atoms with Gasteiger partial charge < -0.3 is 5.32 Å². The molecule has 0 aliphatic carbocycles. The Kier molecular flexibility index (Phi) is 4.35. The smallest absolute Gasteiger partial charge is 0.147 e. The number of hydrogen-bond acceptors (Lipinski definition) is 1. The lowest BCUT2D eigenvalue weighted by Gasteiger charge is -2.10. The molecule has 0 saturated heterocycles. The lowest BCUT2D eigenvalue weighted by molar-refractivity contribution is 0.618. The van der Waals surface area contributed by atoms with Gasteiger partial charge in [0.05, 0.1) is 10.2 Å². The van der Waals surface area contributed by atoms with Gasteiger partial charge in [0.1, 0.15) is 11.6 Å². The van der Waals surface area contributed by atoms with Crippen LogP contribution in [0.2, 0.25) is 0 Å². The topological polar surface area (TPSA) is 12.0 Å². The second kappa shape index (κ2) is 5.80. The first kappa shape index (κ1) is 13.5. The number of nitrogens with one attached hydrogen (secondary N) is 1. The van der Waals surface area contributed by atoms with E-state index >= 15 is 0 Å². The molecule has 0 saturated carbocycles. The van der Waals surface area contributed by atoms with E-state index in [0.717, 1.165) is 5.56 Å². The monoisotopic (exact) mass is 375 g/mol. The van der Waals surface area contributed by atoms with E-state index in [0.29, 0.717) is 21.2 Å². The van der Waals surface area contributed by atoms with Gasteiger partial charge in [0.2, 0.25) is 0 Å².